The number of thiazole rings is 1. The van der Waals surface area contributed by atoms with Gasteiger partial charge < -0.3 is 20.7 Å². The maximum atomic E-state index is 5.69. The van der Waals surface area contributed by atoms with Crippen LogP contribution < -0.4 is 16.0 Å². The summed E-state index contributed by atoms with van der Waals surface area (Å²) in [7, 11) is 0. The summed E-state index contributed by atoms with van der Waals surface area (Å²) in [5.74, 6) is 1.52. The molecule has 184 valence electrons. The van der Waals surface area contributed by atoms with Crippen LogP contribution in [0.2, 0.25) is 0 Å². The fourth-order valence-electron chi connectivity index (χ4n) is 3.94. The van der Waals surface area contributed by atoms with E-state index in [0.29, 0.717) is 30.7 Å². The molecule has 6 rings (SSSR count). The predicted molar refractivity (Wildman–Crippen MR) is 145 cm³/mol. The molecule has 0 radical (unpaired) electrons. The molecule has 37 heavy (non-hydrogen) atoms. The van der Waals surface area contributed by atoms with Crippen molar-refractivity contribution in [1.29, 1.82) is 0 Å². The van der Waals surface area contributed by atoms with Crippen molar-refractivity contribution in [2.45, 2.75) is 0 Å². The second kappa shape index (κ2) is 10.2. The van der Waals surface area contributed by atoms with Crippen LogP contribution in [0.3, 0.4) is 0 Å². The van der Waals surface area contributed by atoms with Gasteiger partial charge in [0.2, 0.25) is 11.9 Å². The number of aromatic nitrogens is 6. The van der Waals surface area contributed by atoms with E-state index in [-0.39, 0.29) is 5.95 Å². The third-order valence-electron chi connectivity index (χ3n) is 5.83. The van der Waals surface area contributed by atoms with Gasteiger partial charge in [0.25, 0.3) is 0 Å². The van der Waals surface area contributed by atoms with Crippen LogP contribution >= 0.6 is 11.3 Å². The fourth-order valence-corrected chi connectivity index (χ4v) is 4.77. The molecule has 0 aliphatic carbocycles. The number of nitrogens with two attached hydrogens (primary N) is 1. The molecular formula is C26H23N9OS. The second-order valence-electron chi connectivity index (χ2n) is 8.32. The lowest BCUT2D eigenvalue weighted by atomic mass is 10.1. The van der Waals surface area contributed by atoms with Gasteiger partial charge in [0.15, 0.2) is 5.13 Å². The van der Waals surface area contributed by atoms with Crippen molar-refractivity contribution in [3.63, 3.8) is 0 Å². The zero-order chi connectivity index (χ0) is 25.0. The number of nitrogens with one attached hydrogen (secondary N) is 1. The molecule has 5 aromatic rings. The van der Waals surface area contributed by atoms with Gasteiger partial charge in [-0.3, -0.25) is 0 Å². The van der Waals surface area contributed by atoms with Crippen molar-refractivity contribution in [2.24, 2.45) is 0 Å². The van der Waals surface area contributed by atoms with E-state index in [2.05, 4.69) is 42.3 Å². The van der Waals surface area contributed by atoms with Gasteiger partial charge in [-0.25, -0.2) is 29.9 Å². The zero-order valence-corrected chi connectivity index (χ0v) is 20.6. The van der Waals surface area contributed by atoms with E-state index in [1.165, 1.54) is 0 Å². The number of rotatable bonds is 6. The van der Waals surface area contributed by atoms with E-state index < -0.39 is 0 Å². The SMILES string of the molecule is Nc1ncc(-c2cc(-c3ccnc(Nc4ncc(-c5ccccc5)s4)c3)nc(N3CCOCC3)n2)cn1. The molecule has 4 aromatic heterocycles. The third kappa shape index (κ3) is 5.22. The number of benzene rings is 1. The van der Waals surface area contributed by atoms with Gasteiger partial charge in [-0.2, -0.15) is 0 Å². The van der Waals surface area contributed by atoms with Crippen LogP contribution in [0.1, 0.15) is 0 Å². The number of nitrogen functional groups attached to an aromatic ring is 1. The summed E-state index contributed by atoms with van der Waals surface area (Å²) < 4.78 is 5.51. The van der Waals surface area contributed by atoms with E-state index in [0.717, 1.165) is 45.5 Å². The summed E-state index contributed by atoms with van der Waals surface area (Å²) >= 11 is 1.57. The molecule has 11 heteroatoms. The first kappa shape index (κ1) is 23.0. The van der Waals surface area contributed by atoms with E-state index in [1.54, 1.807) is 29.9 Å². The lowest BCUT2D eigenvalue weighted by Gasteiger charge is -2.27. The van der Waals surface area contributed by atoms with Crippen LogP contribution in [-0.4, -0.2) is 56.2 Å². The first-order valence-electron chi connectivity index (χ1n) is 11.8. The summed E-state index contributed by atoms with van der Waals surface area (Å²) in [6.45, 7) is 2.71. The summed E-state index contributed by atoms with van der Waals surface area (Å²) in [4.78, 5) is 30.2. The van der Waals surface area contributed by atoms with Crippen LogP contribution in [0.5, 0.6) is 0 Å². The molecule has 0 unspecified atom stereocenters. The largest absolute Gasteiger partial charge is 0.378 e. The predicted octanol–water partition coefficient (Wildman–Crippen LogP) is 4.28. The molecule has 5 heterocycles. The van der Waals surface area contributed by atoms with Crippen LogP contribution in [-0.2, 0) is 4.74 Å². The van der Waals surface area contributed by atoms with E-state index in [9.17, 15) is 0 Å². The Morgan fingerprint density at radius 1 is 0.811 bits per heavy atom. The maximum absolute atomic E-state index is 5.69. The molecule has 1 aliphatic rings. The van der Waals surface area contributed by atoms with Crippen LogP contribution in [0.25, 0.3) is 33.0 Å². The summed E-state index contributed by atoms with van der Waals surface area (Å²) in [6, 6.07) is 16.0. The molecule has 1 fully saturated rings. The van der Waals surface area contributed by atoms with Crippen molar-refractivity contribution in [3.05, 3.63) is 73.3 Å². The Morgan fingerprint density at radius 2 is 1.57 bits per heavy atom. The molecular weight excluding hydrogens is 486 g/mol. The van der Waals surface area contributed by atoms with Gasteiger partial charge in [0, 0.05) is 49.0 Å². The Morgan fingerprint density at radius 3 is 2.35 bits per heavy atom. The van der Waals surface area contributed by atoms with Gasteiger partial charge in [-0.05, 0) is 23.8 Å². The number of pyridine rings is 1. The zero-order valence-electron chi connectivity index (χ0n) is 19.8. The molecule has 1 saturated heterocycles. The number of hydrogen-bond acceptors (Lipinski definition) is 11. The quantitative estimate of drug-likeness (QED) is 0.342. The first-order valence-corrected chi connectivity index (χ1v) is 12.6. The van der Waals surface area contributed by atoms with Gasteiger partial charge >= 0.3 is 0 Å². The van der Waals surface area contributed by atoms with Gasteiger partial charge in [-0.15, -0.1) is 0 Å². The minimum atomic E-state index is 0.217. The molecule has 1 aromatic carbocycles. The van der Waals surface area contributed by atoms with Crippen molar-refractivity contribution in [3.8, 4) is 33.0 Å². The molecule has 0 amide bonds. The lowest BCUT2D eigenvalue weighted by molar-refractivity contribution is 0.122. The van der Waals surface area contributed by atoms with Crippen LogP contribution in [0, 0.1) is 0 Å². The summed E-state index contributed by atoms with van der Waals surface area (Å²) in [6.07, 6.45) is 6.96. The second-order valence-corrected chi connectivity index (χ2v) is 9.35. The van der Waals surface area contributed by atoms with E-state index in [4.69, 9.17) is 20.4 Å². The lowest BCUT2D eigenvalue weighted by Crippen LogP contribution is -2.37. The van der Waals surface area contributed by atoms with Gasteiger partial charge in [-0.1, -0.05) is 41.7 Å². The van der Waals surface area contributed by atoms with E-state index >= 15 is 0 Å². The van der Waals surface area contributed by atoms with Crippen LogP contribution in [0.15, 0.2) is 73.3 Å². The number of ether oxygens (including phenoxy) is 1. The molecule has 0 atom stereocenters. The molecule has 10 nitrogen and oxygen atoms in total. The van der Waals surface area contributed by atoms with Crippen molar-refractivity contribution < 1.29 is 4.74 Å². The topological polar surface area (TPSA) is 128 Å². The minimum Gasteiger partial charge on any atom is -0.378 e. The highest BCUT2D eigenvalue weighted by Crippen LogP contribution is 2.32. The van der Waals surface area contributed by atoms with E-state index in [1.807, 2.05) is 42.6 Å². The number of anilines is 4. The highest BCUT2D eigenvalue weighted by molar-refractivity contribution is 7.18. The monoisotopic (exact) mass is 509 g/mol. The Balaban J connectivity index is 1.32. The standard InChI is InChI=1S/C26H23N9OS/c27-24-29-14-19(15-30-24)21-13-20(32-25(33-21)35-8-10-36-11-9-35)18-6-7-28-23(12-18)34-26-31-16-22(37-26)17-4-2-1-3-5-17/h1-7,12-16H,8-11H2,(H2,27,29,30)(H,28,31,34). The summed E-state index contributed by atoms with van der Waals surface area (Å²) in [5.41, 5.74) is 9.95. The average molecular weight is 510 g/mol. The normalized spacial score (nSPS) is 13.5. The Hall–Kier alpha value is -4.48. The van der Waals surface area contributed by atoms with Crippen molar-refractivity contribution in [2.75, 3.05) is 42.3 Å². The Bertz CT molecular complexity index is 1500. The van der Waals surface area contributed by atoms with Crippen molar-refractivity contribution in [1.82, 2.24) is 29.9 Å². The smallest absolute Gasteiger partial charge is 0.226 e. The Kier molecular flexibility index (Phi) is 6.36. The Labute approximate surface area is 217 Å². The molecule has 0 bridgehead atoms. The number of morpholine rings is 1. The molecule has 3 N–H and O–H groups in total. The van der Waals surface area contributed by atoms with Gasteiger partial charge in [0.1, 0.15) is 5.82 Å². The summed E-state index contributed by atoms with van der Waals surface area (Å²) in [5, 5.41) is 4.09. The number of hydrogen-bond donors (Lipinski definition) is 2. The first-order chi connectivity index (χ1) is 18.2. The number of nitrogens with zero attached hydrogens (tertiary/aromatic N) is 7. The van der Waals surface area contributed by atoms with Crippen molar-refractivity contribution >= 4 is 34.2 Å². The van der Waals surface area contributed by atoms with Crippen LogP contribution in [0.4, 0.5) is 22.8 Å². The molecule has 1 aliphatic heterocycles. The van der Waals surface area contributed by atoms with Gasteiger partial charge in [0.05, 0.1) is 29.5 Å². The maximum Gasteiger partial charge on any atom is 0.226 e. The fraction of sp³-hybridized carbons (Fsp3) is 0.154. The highest BCUT2D eigenvalue weighted by Gasteiger charge is 2.18. The minimum absolute atomic E-state index is 0.217. The average Bonchev–Trinajstić information content (AvgIpc) is 3.43. The third-order valence-corrected chi connectivity index (χ3v) is 6.79. The highest BCUT2D eigenvalue weighted by atomic mass is 32.1. The molecule has 0 spiro atoms. The molecule has 0 saturated carbocycles.